The van der Waals surface area contributed by atoms with Gasteiger partial charge in [-0.3, -0.25) is 0 Å². The molecule has 7 heteroatoms. The molecule has 1 aromatic heterocycles. The van der Waals surface area contributed by atoms with Crippen LogP contribution in [0.3, 0.4) is 0 Å². The second-order valence-corrected chi connectivity index (χ2v) is 5.58. The zero-order valence-electron chi connectivity index (χ0n) is 10.4. The summed E-state index contributed by atoms with van der Waals surface area (Å²) in [4.78, 5) is 0. The number of rotatable bonds is 5. The molecule has 4 nitrogen and oxygen atoms in total. The van der Waals surface area contributed by atoms with E-state index in [2.05, 4.69) is 10.2 Å². The van der Waals surface area contributed by atoms with E-state index in [4.69, 9.17) is 28.9 Å². The smallest absolute Gasteiger partial charge is 0.191 e. The Hall–Kier alpha value is -0.750. The predicted molar refractivity (Wildman–Crippen MR) is 79.6 cm³/mol. The van der Waals surface area contributed by atoms with Gasteiger partial charge in [0.25, 0.3) is 0 Å². The number of nitrogens with two attached hydrogens (primary N) is 1. The van der Waals surface area contributed by atoms with E-state index in [0.29, 0.717) is 22.3 Å². The summed E-state index contributed by atoms with van der Waals surface area (Å²) in [5, 5.41) is 10.2. The van der Waals surface area contributed by atoms with Gasteiger partial charge in [-0.25, -0.2) is 0 Å². The lowest BCUT2D eigenvalue weighted by Crippen LogP contribution is -2.08. The number of aromatic nitrogens is 3. The minimum atomic E-state index is 0.388. The van der Waals surface area contributed by atoms with E-state index in [1.807, 2.05) is 23.6 Å². The van der Waals surface area contributed by atoms with Crippen molar-refractivity contribution >= 4 is 35.0 Å². The van der Waals surface area contributed by atoms with Gasteiger partial charge in [0.1, 0.15) is 5.82 Å². The summed E-state index contributed by atoms with van der Waals surface area (Å²) >= 11 is 13.7. The van der Waals surface area contributed by atoms with Crippen LogP contribution in [0.25, 0.3) is 0 Å². The molecule has 1 aromatic carbocycles. The quantitative estimate of drug-likeness (QED) is 0.859. The Morgan fingerprint density at radius 3 is 2.79 bits per heavy atom. The molecule has 0 amide bonds. The molecule has 0 aliphatic carbocycles. The van der Waals surface area contributed by atoms with Gasteiger partial charge in [0.05, 0.1) is 16.6 Å². The summed E-state index contributed by atoms with van der Waals surface area (Å²) in [5.74, 6) is 1.49. The Balaban J connectivity index is 2.14. The first-order chi connectivity index (χ1) is 9.17. The van der Waals surface area contributed by atoms with Crippen molar-refractivity contribution in [3.63, 3.8) is 0 Å². The number of halogens is 2. The fraction of sp³-hybridized carbons (Fsp3) is 0.333. The fourth-order valence-electron chi connectivity index (χ4n) is 1.70. The molecule has 0 saturated heterocycles. The average Bonchev–Trinajstić information content (AvgIpc) is 2.82. The van der Waals surface area contributed by atoms with E-state index in [1.165, 1.54) is 0 Å². The normalized spacial score (nSPS) is 10.9. The van der Waals surface area contributed by atoms with E-state index in [-0.39, 0.29) is 0 Å². The zero-order valence-corrected chi connectivity index (χ0v) is 12.8. The molecular formula is C12H14Cl2N4S. The van der Waals surface area contributed by atoms with Crippen molar-refractivity contribution in [1.29, 1.82) is 0 Å². The zero-order chi connectivity index (χ0) is 13.8. The Labute approximate surface area is 126 Å². The van der Waals surface area contributed by atoms with Crippen LogP contribution in [0.5, 0.6) is 0 Å². The van der Waals surface area contributed by atoms with Crippen molar-refractivity contribution in [3.05, 3.63) is 39.6 Å². The van der Waals surface area contributed by atoms with Crippen molar-refractivity contribution in [2.75, 3.05) is 0 Å². The van der Waals surface area contributed by atoms with Crippen molar-refractivity contribution in [2.24, 2.45) is 5.73 Å². The first-order valence-electron chi connectivity index (χ1n) is 5.85. The van der Waals surface area contributed by atoms with Gasteiger partial charge in [-0.15, -0.1) is 10.2 Å². The molecule has 2 N–H and O–H groups in total. The van der Waals surface area contributed by atoms with Gasteiger partial charge in [0, 0.05) is 12.3 Å². The second kappa shape index (κ2) is 6.61. The maximum Gasteiger partial charge on any atom is 0.191 e. The molecule has 0 aliphatic rings. The van der Waals surface area contributed by atoms with E-state index in [0.717, 1.165) is 23.1 Å². The van der Waals surface area contributed by atoms with Crippen LogP contribution in [0.4, 0.5) is 0 Å². The Kier molecular flexibility index (Phi) is 5.10. The summed E-state index contributed by atoms with van der Waals surface area (Å²) in [6.45, 7) is 3.23. The van der Waals surface area contributed by atoms with Crippen LogP contribution in [0.15, 0.2) is 23.4 Å². The topological polar surface area (TPSA) is 56.7 Å². The second-order valence-electron chi connectivity index (χ2n) is 3.85. The first kappa shape index (κ1) is 14.7. The molecule has 0 bridgehead atoms. The molecular weight excluding hydrogens is 303 g/mol. The summed E-state index contributed by atoms with van der Waals surface area (Å²) in [5.41, 5.74) is 6.60. The maximum absolute atomic E-state index is 6.16. The van der Waals surface area contributed by atoms with Gasteiger partial charge in [-0.05, 0) is 18.6 Å². The van der Waals surface area contributed by atoms with Crippen LogP contribution >= 0.6 is 35.0 Å². The molecule has 0 fully saturated rings. The van der Waals surface area contributed by atoms with E-state index in [9.17, 15) is 0 Å². The van der Waals surface area contributed by atoms with Gasteiger partial charge in [-0.2, -0.15) is 0 Å². The molecule has 1 heterocycles. The summed E-state index contributed by atoms with van der Waals surface area (Å²) < 4.78 is 2.00. The summed E-state index contributed by atoms with van der Waals surface area (Å²) in [6.07, 6.45) is 0. The Bertz CT molecular complexity index is 571. The van der Waals surface area contributed by atoms with Gasteiger partial charge in [-0.1, -0.05) is 47.1 Å². The van der Waals surface area contributed by atoms with Crippen LogP contribution < -0.4 is 5.73 Å². The fourth-order valence-corrected chi connectivity index (χ4v) is 3.18. The number of thioether (sulfide) groups is 1. The summed E-state index contributed by atoms with van der Waals surface area (Å²) in [7, 11) is 0. The van der Waals surface area contributed by atoms with Gasteiger partial charge < -0.3 is 10.3 Å². The molecule has 102 valence electrons. The average molecular weight is 317 g/mol. The minimum Gasteiger partial charge on any atom is -0.324 e. The van der Waals surface area contributed by atoms with Gasteiger partial charge >= 0.3 is 0 Å². The monoisotopic (exact) mass is 316 g/mol. The third-order valence-electron chi connectivity index (χ3n) is 2.68. The third-order valence-corrected chi connectivity index (χ3v) is 4.55. The lowest BCUT2D eigenvalue weighted by Gasteiger charge is -2.07. The predicted octanol–water partition coefficient (Wildman–Crippen LogP) is 3.36. The maximum atomic E-state index is 6.16. The van der Waals surface area contributed by atoms with Crippen LogP contribution in [0, 0.1) is 0 Å². The van der Waals surface area contributed by atoms with E-state index >= 15 is 0 Å². The molecule has 2 aromatic rings. The highest BCUT2D eigenvalue weighted by Crippen LogP contribution is 2.30. The SMILES string of the molecule is CCn1c(CN)nnc1SCc1cccc(Cl)c1Cl. The Morgan fingerprint density at radius 1 is 1.32 bits per heavy atom. The van der Waals surface area contributed by atoms with Gasteiger partial charge in [0.2, 0.25) is 0 Å². The lowest BCUT2D eigenvalue weighted by atomic mass is 10.2. The highest BCUT2D eigenvalue weighted by Gasteiger charge is 2.11. The third kappa shape index (κ3) is 3.23. The first-order valence-corrected chi connectivity index (χ1v) is 7.59. The van der Waals surface area contributed by atoms with Crippen LogP contribution in [0.2, 0.25) is 10.0 Å². The minimum absolute atomic E-state index is 0.388. The van der Waals surface area contributed by atoms with Crippen LogP contribution in [-0.4, -0.2) is 14.8 Å². The van der Waals surface area contributed by atoms with E-state index < -0.39 is 0 Å². The highest BCUT2D eigenvalue weighted by atomic mass is 35.5. The largest absolute Gasteiger partial charge is 0.324 e. The van der Waals surface area contributed by atoms with Crippen LogP contribution in [-0.2, 0) is 18.8 Å². The molecule has 0 atom stereocenters. The molecule has 19 heavy (non-hydrogen) atoms. The number of benzene rings is 1. The standard InChI is InChI=1S/C12H14Cl2N4S/c1-2-18-10(6-15)16-17-12(18)19-7-8-4-3-5-9(13)11(8)14/h3-5H,2,6-7,15H2,1H3. The molecule has 0 spiro atoms. The molecule has 2 rings (SSSR count). The number of hydrogen-bond acceptors (Lipinski definition) is 4. The molecule has 0 radical (unpaired) electrons. The molecule has 0 aliphatic heterocycles. The van der Waals surface area contributed by atoms with Crippen molar-refractivity contribution < 1.29 is 0 Å². The van der Waals surface area contributed by atoms with Crippen LogP contribution in [0.1, 0.15) is 18.3 Å². The molecule has 0 saturated carbocycles. The number of nitrogens with zero attached hydrogens (tertiary/aromatic N) is 3. The van der Waals surface area contributed by atoms with Crippen molar-refractivity contribution in [2.45, 2.75) is 30.9 Å². The summed E-state index contributed by atoms with van der Waals surface area (Å²) in [6, 6.07) is 5.62. The van der Waals surface area contributed by atoms with Gasteiger partial charge in [0.15, 0.2) is 5.16 Å². The lowest BCUT2D eigenvalue weighted by molar-refractivity contribution is 0.643. The Morgan fingerprint density at radius 2 is 2.11 bits per heavy atom. The highest BCUT2D eigenvalue weighted by molar-refractivity contribution is 7.98. The van der Waals surface area contributed by atoms with E-state index in [1.54, 1.807) is 17.8 Å². The number of hydrogen-bond donors (Lipinski definition) is 1. The van der Waals surface area contributed by atoms with Crippen molar-refractivity contribution in [3.8, 4) is 0 Å². The molecule has 0 unspecified atom stereocenters. The van der Waals surface area contributed by atoms with Crippen molar-refractivity contribution in [1.82, 2.24) is 14.8 Å².